The summed E-state index contributed by atoms with van der Waals surface area (Å²) in [5, 5.41) is 9.81. The molecule has 7 nitrogen and oxygen atoms in total. The Balaban J connectivity index is 2.25. The molecule has 0 saturated carbocycles. The number of halogens is 3. The SMILES string of the molecule is CC(C)[C@@H](C(=O)N1CCC(C(C)(C)S(=O)(=O)c2cccc(C(F)(F)F)c2)CC1)N(C(=O)O)C(C)(C)C. The van der Waals surface area contributed by atoms with Gasteiger partial charge in [-0.05, 0) is 77.5 Å². The van der Waals surface area contributed by atoms with Gasteiger partial charge in [0.25, 0.3) is 0 Å². The minimum absolute atomic E-state index is 0.228. The summed E-state index contributed by atoms with van der Waals surface area (Å²) in [6, 6.07) is 2.85. The first-order chi connectivity index (χ1) is 16.2. The van der Waals surface area contributed by atoms with E-state index in [1.165, 1.54) is 19.9 Å². The normalized spacial score (nSPS) is 17.2. The Morgan fingerprint density at radius 3 is 2.00 bits per heavy atom. The Morgan fingerprint density at radius 2 is 1.58 bits per heavy atom. The molecule has 1 N–H and O–H groups in total. The van der Waals surface area contributed by atoms with Gasteiger partial charge in [-0.15, -0.1) is 0 Å². The van der Waals surface area contributed by atoms with Gasteiger partial charge in [-0.25, -0.2) is 13.2 Å². The summed E-state index contributed by atoms with van der Waals surface area (Å²) in [4.78, 5) is 27.8. The summed E-state index contributed by atoms with van der Waals surface area (Å²) in [6.07, 6.45) is -5.21. The molecule has 0 bridgehead atoms. The second-order valence-electron chi connectivity index (χ2n) is 11.2. The molecule has 1 heterocycles. The van der Waals surface area contributed by atoms with Gasteiger partial charge in [-0.1, -0.05) is 19.9 Å². The van der Waals surface area contributed by atoms with Crippen LogP contribution in [0.25, 0.3) is 0 Å². The third kappa shape index (κ3) is 5.98. The van der Waals surface area contributed by atoms with Crippen LogP contribution in [0.15, 0.2) is 29.2 Å². The van der Waals surface area contributed by atoms with E-state index in [2.05, 4.69) is 0 Å². The van der Waals surface area contributed by atoms with Crippen molar-refractivity contribution < 1.29 is 36.3 Å². The highest BCUT2D eigenvalue weighted by Crippen LogP contribution is 2.40. The van der Waals surface area contributed by atoms with Crippen molar-refractivity contribution in [3.8, 4) is 0 Å². The van der Waals surface area contributed by atoms with Gasteiger partial charge in [0.1, 0.15) is 6.04 Å². The van der Waals surface area contributed by atoms with Gasteiger partial charge in [0.15, 0.2) is 9.84 Å². The van der Waals surface area contributed by atoms with Crippen LogP contribution < -0.4 is 0 Å². The molecule has 204 valence electrons. The summed E-state index contributed by atoms with van der Waals surface area (Å²) in [6.45, 7) is 12.2. The third-order valence-corrected chi connectivity index (χ3v) is 9.64. The number of hydrogen-bond donors (Lipinski definition) is 1. The number of amides is 2. The molecule has 1 aromatic carbocycles. The minimum Gasteiger partial charge on any atom is -0.465 e. The van der Waals surface area contributed by atoms with Gasteiger partial charge in [-0.2, -0.15) is 13.2 Å². The van der Waals surface area contributed by atoms with Crippen LogP contribution in [0.5, 0.6) is 0 Å². The molecule has 0 aliphatic carbocycles. The molecule has 0 radical (unpaired) electrons. The number of sulfone groups is 1. The molecule has 0 aromatic heterocycles. The van der Waals surface area contributed by atoms with E-state index in [-0.39, 0.29) is 29.8 Å². The minimum atomic E-state index is -4.66. The molecular weight excluding hydrogens is 497 g/mol. The lowest BCUT2D eigenvalue weighted by Gasteiger charge is -2.45. The van der Waals surface area contributed by atoms with E-state index < -0.39 is 49.9 Å². The predicted octanol–water partition coefficient (Wildman–Crippen LogP) is 5.30. The number of nitrogens with zero attached hydrogens (tertiary/aromatic N) is 2. The zero-order valence-corrected chi connectivity index (χ0v) is 22.7. The van der Waals surface area contributed by atoms with E-state index >= 15 is 0 Å². The van der Waals surface area contributed by atoms with E-state index in [4.69, 9.17) is 0 Å². The smallest absolute Gasteiger partial charge is 0.416 e. The standard InChI is InChI=1S/C25H37F3N2O5S/c1-16(2)20(30(22(32)33)23(3,4)5)21(31)29-13-11-17(12-14-29)24(6,7)36(34,35)19-10-8-9-18(15-19)25(26,27)28/h8-10,15-17,20H,11-14H2,1-7H3,(H,32,33)/t20-/m0/s1. The molecule has 0 unspecified atom stereocenters. The van der Waals surface area contributed by atoms with Crippen LogP contribution >= 0.6 is 0 Å². The molecule has 0 spiro atoms. The zero-order chi connectivity index (χ0) is 27.9. The van der Waals surface area contributed by atoms with Gasteiger partial charge in [0, 0.05) is 18.6 Å². The number of rotatable bonds is 6. The first-order valence-corrected chi connectivity index (χ1v) is 13.4. The molecule has 11 heteroatoms. The number of piperidine rings is 1. The van der Waals surface area contributed by atoms with E-state index in [0.29, 0.717) is 18.9 Å². The van der Waals surface area contributed by atoms with Crippen LogP contribution in [0.3, 0.4) is 0 Å². The van der Waals surface area contributed by atoms with Crippen molar-refractivity contribution in [2.75, 3.05) is 13.1 Å². The molecule has 36 heavy (non-hydrogen) atoms. The molecule has 1 atom stereocenters. The van der Waals surface area contributed by atoms with Crippen molar-refractivity contribution in [2.45, 2.75) is 88.7 Å². The number of carbonyl (C=O) groups excluding carboxylic acids is 1. The maximum absolute atomic E-state index is 13.4. The Morgan fingerprint density at radius 1 is 1.06 bits per heavy atom. The quantitative estimate of drug-likeness (QED) is 0.535. The Hall–Kier alpha value is -2.30. The number of likely N-dealkylation sites (tertiary alicyclic amines) is 1. The van der Waals surface area contributed by atoms with Crippen molar-refractivity contribution in [3.63, 3.8) is 0 Å². The maximum atomic E-state index is 13.4. The van der Waals surface area contributed by atoms with Crippen molar-refractivity contribution in [3.05, 3.63) is 29.8 Å². The lowest BCUT2D eigenvalue weighted by atomic mass is 9.85. The molecule has 1 aliphatic rings. The third-order valence-electron chi connectivity index (χ3n) is 7.05. The highest BCUT2D eigenvalue weighted by atomic mass is 32.2. The second kappa shape index (κ2) is 10.2. The van der Waals surface area contributed by atoms with Crippen LogP contribution in [0.4, 0.5) is 18.0 Å². The molecule has 1 aliphatic heterocycles. The van der Waals surface area contributed by atoms with Crippen molar-refractivity contribution >= 4 is 21.8 Å². The molecule has 1 aromatic rings. The van der Waals surface area contributed by atoms with Gasteiger partial charge in [-0.3, -0.25) is 9.69 Å². The zero-order valence-electron chi connectivity index (χ0n) is 21.9. The Bertz CT molecular complexity index is 1070. The van der Waals surface area contributed by atoms with Crippen LogP contribution in [0.2, 0.25) is 0 Å². The van der Waals surface area contributed by atoms with Crippen LogP contribution in [-0.2, 0) is 20.8 Å². The fourth-order valence-corrected chi connectivity index (χ4v) is 6.68. The molecule has 1 fully saturated rings. The monoisotopic (exact) mass is 534 g/mol. The first kappa shape index (κ1) is 29.9. The number of carbonyl (C=O) groups is 2. The number of alkyl halides is 3. The highest BCUT2D eigenvalue weighted by Gasteiger charge is 2.47. The van der Waals surface area contributed by atoms with Crippen LogP contribution in [0, 0.1) is 11.8 Å². The van der Waals surface area contributed by atoms with E-state index in [0.717, 1.165) is 17.0 Å². The Labute approximate surface area is 211 Å². The van der Waals surface area contributed by atoms with Gasteiger partial charge in [0.05, 0.1) is 15.2 Å². The fourth-order valence-electron chi connectivity index (χ4n) is 4.86. The van der Waals surface area contributed by atoms with Gasteiger partial charge >= 0.3 is 12.3 Å². The van der Waals surface area contributed by atoms with Gasteiger partial charge in [0.2, 0.25) is 5.91 Å². The Kier molecular flexibility index (Phi) is 8.50. The van der Waals surface area contributed by atoms with Crippen molar-refractivity contribution in [2.24, 2.45) is 11.8 Å². The number of carboxylic acid groups (broad SMARTS) is 1. The van der Waals surface area contributed by atoms with Crippen molar-refractivity contribution in [1.29, 1.82) is 0 Å². The fraction of sp³-hybridized carbons (Fsp3) is 0.680. The first-order valence-electron chi connectivity index (χ1n) is 12.0. The van der Waals surface area contributed by atoms with Gasteiger partial charge < -0.3 is 10.0 Å². The molecule has 2 amide bonds. The van der Waals surface area contributed by atoms with E-state index in [9.17, 15) is 36.3 Å². The maximum Gasteiger partial charge on any atom is 0.416 e. The second-order valence-corrected chi connectivity index (χ2v) is 13.8. The summed E-state index contributed by atoms with van der Waals surface area (Å²) >= 11 is 0. The summed E-state index contributed by atoms with van der Waals surface area (Å²) in [5.41, 5.74) is -1.84. The summed E-state index contributed by atoms with van der Waals surface area (Å²) in [7, 11) is -4.12. The van der Waals surface area contributed by atoms with Crippen LogP contribution in [-0.4, -0.2) is 64.7 Å². The lowest BCUT2D eigenvalue weighted by molar-refractivity contribution is -0.141. The lowest BCUT2D eigenvalue weighted by Crippen LogP contribution is -2.60. The predicted molar refractivity (Wildman–Crippen MR) is 130 cm³/mol. The molecule has 1 saturated heterocycles. The molecule has 2 rings (SSSR count). The summed E-state index contributed by atoms with van der Waals surface area (Å²) < 4.78 is 64.9. The molecular formula is C25H37F3N2O5S. The topological polar surface area (TPSA) is 95.0 Å². The largest absolute Gasteiger partial charge is 0.465 e. The number of benzene rings is 1. The average Bonchev–Trinajstić information content (AvgIpc) is 2.75. The number of hydrogen-bond acceptors (Lipinski definition) is 4. The van der Waals surface area contributed by atoms with Crippen LogP contribution in [0.1, 0.15) is 66.9 Å². The summed E-state index contributed by atoms with van der Waals surface area (Å²) in [5.74, 6) is -1.03. The van der Waals surface area contributed by atoms with E-state index in [1.807, 2.05) is 0 Å². The van der Waals surface area contributed by atoms with E-state index in [1.54, 1.807) is 39.5 Å². The average molecular weight is 535 g/mol. The highest BCUT2D eigenvalue weighted by molar-refractivity contribution is 7.92. The van der Waals surface area contributed by atoms with Crippen molar-refractivity contribution in [1.82, 2.24) is 9.80 Å².